The number of nitrogens with one attached hydrogen (secondary N) is 1. The van der Waals surface area contributed by atoms with Gasteiger partial charge in [-0.15, -0.1) is 0 Å². The molecule has 1 aromatic carbocycles. The van der Waals surface area contributed by atoms with E-state index < -0.39 is 5.54 Å². The molecular formula is C16H22N4O3. The van der Waals surface area contributed by atoms with Gasteiger partial charge in [0.15, 0.2) is 6.61 Å². The first-order chi connectivity index (χ1) is 10.9. The van der Waals surface area contributed by atoms with Crippen LogP contribution in [0.1, 0.15) is 42.8 Å². The van der Waals surface area contributed by atoms with Gasteiger partial charge in [-0.25, -0.2) is 0 Å². The molecule has 0 atom stereocenters. The molecule has 23 heavy (non-hydrogen) atoms. The number of rotatable bonds is 7. The largest absolute Gasteiger partial charge is 0.485 e. The topological polar surface area (TPSA) is 103 Å². The molecule has 0 spiro atoms. The first-order valence-corrected chi connectivity index (χ1v) is 7.50. The number of ether oxygens (including phenoxy) is 1. The molecule has 0 saturated heterocycles. The van der Waals surface area contributed by atoms with Crippen LogP contribution >= 0.6 is 0 Å². The second-order valence-corrected chi connectivity index (χ2v) is 5.81. The van der Waals surface area contributed by atoms with Crippen LogP contribution < -0.4 is 15.8 Å². The molecule has 0 radical (unpaired) electrons. The molecule has 3 N–H and O–H groups in total. The first-order valence-electron chi connectivity index (χ1n) is 7.50. The van der Waals surface area contributed by atoms with Crippen molar-refractivity contribution in [3.8, 4) is 5.75 Å². The molecule has 1 aromatic heterocycles. The van der Waals surface area contributed by atoms with E-state index in [0.29, 0.717) is 36.0 Å². The smallest absolute Gasteiger partial charge is 0.251 e. The second-order valence-electron chi connectivity index (χ2n) is 5.81. The van der Waals surface area contributed by atoms with Gasteiger partial charge >= 0.3 is 0 Å². The van der Waals surface area contributed by atoms with Gasteiger partial charge in [-0.3, -0.25) is 4.79 Å². The van der Waals surface area contributed by atoms with Gasteiger partial charge in [0.2, 0.25) is 11.7 Å². The van der Waals surface area contributed by atoms with Crippen LogP contribution in [0.4, 0.5) is 0 Å². The maximum absolute atomic E-state index is 12.1. The highest BCUT2D eigenvalue weighted by Gasteiger charge is 2.19. The van der Waals surface area contributed by atoms with Crippen molar-refractivity contribution >= 4 is 5.91 Å². The number of nitrogens with zero attached hydrogens (tertiary/aromatic N) is 2. The fourth-order valence-electron chi connectivity index (χ4n) is 1.77. The third-order valence-electron chi connectivity index (χ3n) is 3.26. The number of carbonyl (C=O) groups excluding carboxylic acids is 1. The van der Waals surface area contributed by atoms with E-state index in [4.69, 9.17) is 15.0 Å². The summed E-state index contributed by atoms with van der Waals surface area (Å²) in [5.74, 6) is 1.53. The van der Waals surface area contributed by atoms with Gasteiger partial charge in [0.1, 0.15) is 5.75 Å². The number of benzene rings is 1. The molecular weight excluding hydrogens is 296 g/mol. The van der Waals surface area contributed by atoms with Crippen molar-refractivity contribution in [2.24, 2.45) is 5.73 Å². The molecule has 2 aromatic rings. The number of aryl methyl sites for hydroxylation is 1. The minimum absolute atomic E-state index is 0.169. The zero-order chi connectivity index (χ0) is 16.9. The van der Waals surface area contributed by atoms with Crippen molar-refractivity contribution in [1.82, 2.24) is 15.5 Å². The van der Waals surface area contributed by atoms with Crippen LogP contribution in [-0.4, -0.2) is 28.1 Å². The second kappa shape index (κ2) is 7.23. The molecule has 0 unspecified atom stereocenters. The van der Waals surface area contributed by atoms with Gasteiger partial charge in [0, 0.05) is 24.1 Å². The van der Waals surface area contributed by atoms with E-state index in [2.05, 4.69) is 15.5 Å². The number of hydrogen-bond donors (Lipinski definition) is 2. The maximum atomic E-state index is 12.1. The van der Waals surface area contributed by atoms with Crippen molar-refractivity contribution in [1.29, 1.82) is 0 Å². The molecule has 0 fully saturated rings. The van der Waals surface area contributed by atoms with Crippen molar-refractivity contribution in [3.63, 3.8) is 0 Å². The van der Waals surface area contributed by atoms with Crippen LogP contribution in [0.2, 0.25) is 0 Å². The van der Waals surface area contributed by atoms with E-state index in [-0.39, 0.29) is 12.5 Å². The molecule has 1 amide bonds. The van der Waals surface area contributed by atoms with Crippen LogP contribution in [-0.2, 0) is 13.0 Å². The van der Waals surface area contributed by atoms with Gasteiger partial charge in [0.05, 0.1) is 0 Å². The Labute approximate surface area is 135 Å². The Morgan fingerprint density at radius 2 is 2.04 bits per heavy atom. The summed E-state index contributed by atoms with van der Waals surface area (Å²) < 4.78 is 10.6. The highest BCUT2D eigenvalue weighted by molar-refractivity contribution is 5.94. The Bertz CT molecular complexity index is 650. The summed E-state index contributed by atoms with van der Waals surface area (Å²) in [5.41, 5.74) is 5.71. The fraction of sp³-hybridized carbons (Fsp3) is 0.438. The minimum Gasteiger partial charge on any atom is -0.485 e. The monoisotopic (exact) mass is 318 g/mol. The molecule has 0 aliphatic carbocycles. The summed E-state index contributed by atoms with van der Waals surface area (Å²) in [7, 11) is 0. The first kappa shape index (κ1) is 17.0. The lowest BCUT2D eigenvalue weighted by Gasteiger charge is -2.24. The number of hydrogen-bond acceptors (Lipinski definition) is 6. The highest BCUT2D eigenvalue weighted by Crippen LogP contribution is 2.14. The summed E-state index contributed by atoms with van der Waals surface area (Å²) in [6.07, 6.45) is 0.690. The predicted molar refractivity (Wildman–Crippen MR) is 85.0 cm³/mol. The Morgan fingerprint density at radius 3 is 2.61 bits per heavy atom. The van der Waals surface area contributed by atoms with E-state index in [1.807, 2.05) is 20.8 Å². The molecule has 0 saturated carbocycles. The third kappa shape index (κ3) is 4.79. The molecule has 124 valence electrons. The zero-order valence-electron chi connectivity index (χ0n) is 13.6. The van der Waals surface area contributed by atoms with Crippen molar-refractivity contribution in [2.75, 3.05) is 6.54 Å². The minimum atomic E-state index is -0.443. The SMILES string of the molecule is CCc1nc(COc2ccc(C(=O)NC(C)(C)CN)cc2)no1. The summed E-state index contributed by atoms with van der Waals surface area (Å²) >= 11 is 0. The molecule has 0 aliphatic rings. The maximum Gasteiger partial charge on any atom is 0.251 e. The molecule has 0 bridgehead atoms. The lowest BCUT2D eigenvalue weighted by atomic mass is 10.1. The molecule has 2 rings (SSSR count). The summed E-state index contributed by atoms with van der Waals surface area (Å²) in [4.78, 5) is 16.3. The van der Waals surface area contributed by atoms with Crippen LogP contribution in [0.5, 0.6) is 5.75 Å². The lowest BCUT2D eigenvalue weighted by Crippen LogP contribution is -2.48. The average molecular weight is 318 g/mol. The van der Waals surface area contributed by atoms with Gasteiger partial charge in [-0.2, -0.15) is 4.98 Å². The molecule has 0 aliphatic heterocycles. The lowest BCUT2D eigenvalue weighted by molar-refractivity contribution is 0.0915. The Balaban J connectivity index is 1.92. The van der Waals surface area contributed by atoms with Crippen LogP contribution in [0, 0.1) is 0 Å². The standard InChI is InChI=1S/C16H22N4O3/c1-4-14-18-13(20-23-14)9-22-12-7-5-11(6-8-12)15(21)19-16(2,3)10-17/h5-8H,4,9-10,17H2,1-3H3,(H,19,21). The average Bonchev–Trinajstić information content (AvgIpc) is 3.01. The zero-order valence-corrected chi connectivity index (χ0v) is 13.6. The van der Waals surface area contributed by atoms with Crippen LogP contribution in [0.25, 0.3) is 0 Å². The highest BCUT2D eigenvalue weighted by atomic mass is 16.5. The predicted octanol–water partition coefficient (Wildman–Crippen LogP) is 1.68. The van der Waals surface area contributed by atoms with E-state index in [1.54, 1.807) is 24.3 Å². The van der Waals surface area contributed by atoms with Crippen molar-refractivity contribution in [3.05, 3.63) is 41.5 Å². The van der Waals surface area contributed by atoms with Gasteiger partial charge in [0.25, 0.3) is 5.91 Å². The molecule has 1 heterocycles. The summed E-state index contributed by atoms with van der Waals surface area (Å²) in [5, 5.41) is 6.68. The number of amides is 1. The van der Waals surface area contributed by atoms with Crippen LogP contribution in [0.3, 0.4) is 0 Å². The summed E-state index contributed by atoms with van der Waals surface area (Å²) in [6, 6.07) is 6.85. The summed E-state index contributed by atoms with van der Waals surface area (Å²) in [6.45, 7) is 6.27. The van der Waals surface area contributed by atoms with Gasteiger partial charge in [-0.1, -0.05) is 12.1 Å². The van der Waals surface area contributed by atoms with Gasteiger partial charge < -0.3 is 20.3 Å². The van der Waals surface area contributed by atoms with Crippen molar-refractivity contribution < 1.29 is 14.1 Å². The Kier molecular flexibility index (Phi) is 5.33. The fourth-order valence-corrected chi connectivity index (χ4v) is 1.77. The Hall–Kier alpha value is -2.41. The molecule has 7 nitrogen and oxygen atoms in total. The number of aromatic nitrogens is 2. The van der Waals surface area contributed by atoms with E-state index in [1.165, 1.54) is 0 Å². The molecule has 7 heteroatoms. The number of carbonyl (C=O) groups is 1. The van der Waals surface area contributed by atoms with Crippen LogP contribution in [0.15, 0.2) is 28.8 Å². The van der Waals surface area contributed by atoms with Gasteiger partial charge in [-0.05, 0) is 38.1 Å². The third-order valence-corrected chi connectivity index (χ3v) is 3.26. The van der Waals surface area contributed by atoms with E-state index in [0.717, 1.165) is 0 Å². The normalized spacial score (nSPS) is 11.3. The number of nitrogens with two attached hydrogens (primary N) is 1. The Morgan fingerprint density at radius 1 is 1.35 bits per heavy atom. The van der Waals surface area contributed by atoms with Crippen molar-refractivity contribution in [2.45, 2.75) is 39.3 Å². The quantitative estimate of drug-likeness (QED) is 0.805. The van der Waals surface area contributed by atoms with E-state index >= 15 is 0 Å². The van der Waals surface area contributed by atoms with E-state index in [9.17, 15) is 4.79 Å².